The predicted octanol–water partition coefficient (Wildman–Crippen LogP) is 1.29. The zero-order valence-electron chi connectivity index (χ0n) is 12.9. The first-order valence-corrected chi connectivity index (χ1v) is 7.19. The summed E-state index contributed by atoms with van der Waals surface area (Å²) in [5, 5.41) is 11.5. The fraction of sp³-hybridized carbons (Fsp3) is 0.400. The van der Waals surface area contributed by atoms with E-state index in [4.69, 9.17) is 5.11 Å². The second-order valence-corrected chi connectivity index (χ2v) is 5.47. The normalized spacial score (nSPS) is 14.1. The molecule has 1 aliphatic rings. The molecule has 1 aromatic carbocycles. The molecule has 0 aromatic heterocycles. The molecule has 8 heteroatoms. The summed E-state index contributed by atoms with van der Waals surface area (Å²) < 4.78 is 14.1. The van der Waals surface area contributed by atoms with E-state index >= 15 is 0 Å². The lowest BCUT2D eigenvalue weighted by molar-refractivity contribution is -0.138. The van der Waals surface area contributed by atoms with Crippen LogP contribution < -0.4 is 10.2 Å². The molecule has 1 heterocycles. The topological polar surface area (TPSA) is 90.0 Å². The lowest BCUT2D eigenvalue weighted by Gasteiger charge is -2.25. The maximum Gasteiger partial charge on any atom is 0.323 e. The number of carbonyl (C=O) groups excluding carboxylic acids is 2. The quantitative estimate of drug-likeness (QED) is 0.854. The minimum absolute atomic E-state index is 0.253. The molecular formula is C15H18FN3O4. The molecule has 7 nitrogen and oxygen atoms in total. The molecule has 0 bridgehead atoms. The Morgan fingerprint density at radius 3 is 2.65 bits per heavy atom. The van der Waals surface area contributed by atoms with Gasteiger partial charge < -0.3 is 15.3 Å². The van der Waals surface area contributed by atoms with Crippen molar-refractivity contribution in [1.82, 2.24) is 10.2 Å². The van der Waals surface area contributed by atoms with Gasteiger partial charge in [0.25, 0.3) is 5.91 Å². The van der Waals surface area contributed by atoms with Crippen molar-refractivity contribution in [2.24, 2.45) is 0 Å². The van der Waals surface area contributed by atoms with Gasteiger partial charge in [0.15, 0.2) is 0 Å². The van der Waals surface area contributed by atoms with Gasteiger partial charge in [0.1, 0.15) is 12.4 Å². The second-order valence-electron chi connectivity index (χ2n) is 5.47. The van der Waals surface area contributed by atoms with Crippen molar-refractivity contribution >= 4 is 23.6 Å². The Morgan fingerprint density at radius 1 is 1.43 bits per heavy atom. The number of anilines is 1. The van der Waals surface area contributed by atoms with E-state index in [1.54, 1.807) is 13.8 Å². The van der Waals surface area contributed by atoms with Crippen LogP contribution in [0.5, 0.6) is 0 Å². The van der Waals surface area contributed by atoms with Crippen LogP contribution in [0, 0.1) is 5.82 Å². The smallest absolute Gasteiger partial charge is 0.323 e. The van der Waals surface area contributed by atoms with Crippen LogP contribution in [0.25, 0.3) is 0 Å². The Kier molecular flexibility index (Phi) is 4.83. The molecule has 0 aliphatic carbocycles. The fourth-order valence-electron chi connectivity index (χ4n) is 2.35. The molecule has 0 atom stereocenters. The average Bonchev–Trinajstić information content (AvgIpc) is 2.90. The lowest BCUT2D eigenvalue weighted by atomic mass is 10.1. The molecule has 1 aromatic rings. The summed E-state index contributed by atoms with van der Waals surface area (Å²) >= 11 is 0. The number of hydrogen-bond donors (Lipinski definition) is 2. The Labute approximate surface area is 132 Å². The van der Waals surface area contributed by atoms with Gasteiger partial charge in [-0.25, -0.2) is 9.18 Å². The van der Waals surface area contributed by atoms with Crippen molar-refractivity contribution in [3.8, 4) is 0 Å². The monoisotopic (exact) mass is 323 g/mol. The van der Waals surface area contributed by atoms with Gasteiger partial charge in [-0.1, -0.05) is 0 Å². The first-order chi connectivity index (χ1) is 10.8. The molecule has 2 rings (SSSR count). The highest BCUT2D eigenvalue weighted by Gasteiger charge is 2.27. The van der Waals surface area contributed by atoms with E-state index in [1.807, 2.05) is 0 Å². The van der Waals surface area contributed by atoms with E-state index in [2.05, 4.69) is 5.32 Å². The molecule has 3 amide bonds. The fourth-order valence-corrected chi connectivity index (χ4v) is 2.35. The van der Waals surface area contributed by atoms with Gasteiger partial charge in [-0.05, 0) is 32.0 Å². The third-order valence-corrected chi connectivity index (χ3v) is 3.54. The lowest BCUT2D eigenvalue weighted by Crippen LogP contribution is -2.41. The highest BCUT2D eigenvalue weighted by Crippen LogP contribution is 2.22. The minimum atomic E-state index is -1.18. The first-order valence-electron chi connectivity index (χ1n) is 7.19. The summed E-state index contributed by atoms with van der Waals surface area (Å²) in [6, 6.07) is 3.07. The number of carboxylic acid groups (broad SMARTS) is 1. The summed E-state index contributed by atoms with van der Waals surface area (Å²) in [5.74, 6) is -2.65. The third-order valence-electron chi connectivity index (χ3n) is 3.54. The van der Waals surface area contributed by atoms with E-state index in [1.165, 1.54) is 17.0 Å². The van der Waals surface area contributed by atoms with E-state index in [0.29, 0.717) is 18.8 Å². The van der Waals surface area contributed by atoms with Crippen LogP contribution in [0.1, 0.15) is 24.2 Å². The van der Waals surface area contributed by atoms with Crippen molar-refractivity contribution in [3.05, 3.63) is 29.6 Å². The van der Waals surface area contributed by atoms with Crippen LogP contribution in [0.15, 0.2) is 18.2 Å². The van der Waals surface area contributed by atoms with Crippen molar-refractivity contribution in [3.63, 3.8) is 0 Å². The maximum atomic E-state index is 14.1. The van der Waals surface area contributed by atoms with Gasteiger partial charge >= 0.3 is 12.0 Å². The molecule has 0 spiro atoms. The third kappa shape index (κ3) is 3.58. The SMILES string of the molecule is CC(C)N(CC(=O)O)C(=O)c1cc(N2CCNC2=O)ccc1F. The van der Waals surface area contributed by atoms with Gasteiger partial charge in [-0.2, -0.15) is 0 Å². The highest BCUT2D eigenvalue weighted by molar-refractivity contribution is 5.99. The van der Waals surface area contributed by atoms with Crippen LogP contribution in [0.2, 0.25) is 0 Å². The van der Waals surface area contributed by atoms with Gasteiger partial charge in [0.2, 0.25) is 0 Å². The van der Waals surface area contributed by atoms with Gasteiger partial charge in [0, 0.05) is 24.8 Å². The van der Waals surface area contributed by atoms with E-state index in [0.717, 1.165) is 11.0 Å². The molecule has 0 unspecified atom stereocenters. The van der Waals surface area contributed by atoms with E-state index in [9.17, 15) is 18.8 Å². The number of carboxylic acids is 1. The standard InChI is InChI=1S/C15H18FN3O4/c1-9(2)19(8-13(20)21)14(22)11-7-10(3-4-12(11)16)18-6-5-17-15(18)23/h3-4,7,9H,5-6,8H2,1-2H3,(H,17,23)(H,20,21). The number of carbonyl (C=O) groups is 3. The van der Waals surface area contributed by atoms with Crippen LogP contribution in [-0.2, 0) is 4.79 Å². The minimum Gasteiger partial charge on any atom is -0.480 e. The molecular weight excluding hydrogens is 305 g/mol. The van der Waals surface area contributed by atoms with E-state index in [-0.39, 0.29) is 11.6 Å². The van der Waals surface area contributed by atoms with Crippen LogP contribution in [0.3, 0.4) is 0 Å². The molecule has 0 radical (unpaired) electrons. The maximum absolute atomic E-state index is 14.1. The predicted molar refractivity (Wildman–Crippen MR) is 81.0 cm³/mol. The number of rotatable bonds is 5. The Hall–Kier alpha value is -2.64. The molecule has 1 aliphatic heterocycles. The Bertz CT molecular complexity index is 648. The van der Waals surface area contributed by atoms with Crippen molar-refractivity contribution in [2.45, 2.75) is 19.9 Å². The molecule has 0 saturated carbocycles. The summed E-state index contributed by atoms with van der Waals surface area (Å²) in [4.78, 5) is 37.5. The number of nitrogens with one attached hydrogen (secondary N) is 1. The number of benzene rings is 1. The summed E-state index contributed by atoms with van der Waals surface area (Å²) in [5.41, 5.74) is 0.140. The molecule has 1 fully saturated rings. The van der Waals surface area contributed by atoms with Gasteiger partial charge in [0.05, 0.1) is 5.56 Å². The van der Waals surface area contributed by atoms with Crippen molar-refractivity contribution < 1.29 is 23.9 Å². The number of aliphatic carboxylic acids is 1. The number of urea groups is 1. The average molecular weight is 323 g/mol. The number of halogens is 1. The molecule has 1 saturated heterocycles. The summed E-state index contributed by atoms with van der Waals surface area (Å²) in [6.45, 7) is 3.66. The summed E-state index contributed by atoms with van der Waals surface area (Å²) in [6.07, 6.45) is 0. The van der Waals surface area contributed by atoms with Gasteiger partial charge in [-0.15, -0.1) is 0 Å². The van der Waals surface area contributed by atoms with Crippen molar-refractivity contribution in [2.75, 3.05) is 24.5 Å². The highest BCUT2D eigenvalue weighted by atomic mass is 19.1. The largest absolute Gasteiger partial charge is 0.480 e. The summed E-state index contributed by atoms with van der Waals surface area (Å²) in [7, 11) is 0. The zero-order valence-corrected chi connectivity index (χ0v) is 12.9. The van der Waals surface area contributed by atoms with Crippen LogP contribution in [0.4, 0.5) is 14.9 Å². The van der Waals surface area contributed by atoms with E-state index < -0.39 is 30.3 Å². The van der Waals surface area contributed by atoms with Crippen LogP contribution in [-0.4, -0.2) is 53.6 Å². The first kappa shape index (κ1) is 16.7. The number of amides is 3. The second kappa shape index (κ2) is 6.64. The van der Waals surface area contributed by atoms with Crippen LogP contribution >= 0.6 is 0 Å². The Morgan fingerprint density at radius 2 is 2.13 bits per heavy atom. The molecule has 2 N–H and O–H groups in total. The zero-order chi connectivity index (χ0) is 17.1. The van der Waals surface area contributed by atoms with Gasteiger partial charge in [-0.3, -0.25) is 14.5 Å². The molecule has 23 heavy (non-hydrogen) atoms. The Balaban J connectivity index is 2.35. The number of nitrogens with zero attached hydrogens (tertiary/aromatic N) is 2. The van der Waals surface area contributed by atoms with Crippen molar-refractivity contribution in [1.29, 1.82) is 0 Å². The number of hydrogen-bond acceptors (Lipinski definition) is 3. The molecule has 124 valence electrons.